The minimum Gasteiger partial charge on any atom is -0.466 e. The van der Waals surface area contributed by atoms with Crippen molar-refractivity contribution in [3.63, 3.8) is 0 Å². The van der Waals surface area contributed by atoms with Crippen LogP contribution in [-0.4, -0.2) is 31.1 Å². The molecule has 4 heteroatoms. The molecule has 0 fully saturated rings. The largest absolute Gasteiger partial charge is 0.466 e. The van der Waals surface area contributed by atoms with Gasteiger partial charge in [0.2, 0.25) is 0 Å². The van der Waals surface area contributed by atoms with Gasteiger partial charge >= 0.3 is 0 Å². The van der Waals surface area contributed by atoms with E-state index in [2.05, 4.69) is 61.0 Å². The Kier molecular flexibility index (Phi) is 5.89. The van der Waals surface area contributed by atoms with E-state index in [-0.39, 0.29) is 11.6 Å². The maximum atomic E-state index is 5.69. The van der Waals surface area contributed by atoms with Crippen molar-refractivity contribution >= 4 is 15.9 Å². The van der Waals surface area contributed by atoms with Crippen LogP contribution < -0.4 is 5.32 Å². The molecule has 0 saturated carbocycles. The fraction of sp³-hybridized carbons (Fsp3) is 0.714. The topological polar surface area (TPSA) is 28.4 Å². The highest BCUT2D eigenvalue weighted by atomic mass is 79.9. The molecule has 1 aromatic rings. The molecule has 18 heavy (non-hydrogen) atoms. The maximum Gasteiger partial charge on any atom is 0.136 e. The molecule has 1 N–H and O–H groups in total. The summed E-state index contributed by atoms with van der Waals surface area (Å²) in [4.78, 5) is 2.27. The summed E-state index contributed by atoms with van der Waals surface area (Å²) in [6.07, 6.45) is 3.91. The van der Waals surface area contributed by atoms with Gasteiger partial charge in [0.05, 0.1) is 16.8 Å². The lowest BCUT2D eigenvalue weighted by Crippen LogP contribution is -2.51. The molecular formula is C14H25BrN2O. The summed E-state index contributed by atoms with van der Waals surface area (Å²) in [7, 11) is 4.25. The van der Waals surface area contributed by atoms with E-state index in [1.165, 1.54) is 0 Å². The minimum absolute atomic E-state index is 0.0234. The average Bonchev–Trinajstić information content (AvgIpc) is 2.75. The molecule has 3 nitrogen and oxygen atoms in total. The molecule has 2 unspecified atom stereocenters. The number of hydrogen-bond acceptors (Lipinski definition) is 3. The van der Waals surface area contributed by atoms with Crippen molar-refractivity contribution in [3.05, 3.63) is 22.6 Å². The van der Waals surface area contributed by atoms with E-state index in [4.69, 9.17) is 4.42 Å². The van der Waals surface area contributed by atoms with Gasteiger partial charge in [0.1, 0.15) is 5.76 Å². The van der Waals surface area contributed by atoms with Crippen molar-refractivity contribution in [3.8, 4) is 0 Å². The Hall–Kier alpha value is -0.320. The number of likely N-dealkylation sites (N-methyl/N-ethyl adjacent to an activating group) is 1. The number of hydrogen-bond donors (Lipinski definition) is 1. The van der Waals surface area contributed by atoms with Crippen LogP contribution >= 0.6 is 15.9 Å². The zero-order valence-corrected chi connectivity index (χ0v) is 13.7. The van der Waals surface area contributed by atoms with E-state index in [0.717, 1.165) is 29.6 Å². The van der Waals surface area contributed by atoms with Crippen LogP contribution in [0, 0.1) is 0 Å². The smallest absolute Gasteiger partial charge is 0.136 e. The Labute approximate surface area is 119 Å². The zero-order chi connectivity index (χ0) is 13.8. The summed E-state index contributed by atoms with van der Waals surface area (Å²) in [6, 6.07) is 2.14. The molecule has 0 spiro atoms. The van der Waals surface area contributed by atoms with E-state index >= 15 is 0 Å². The summed E-state index contributed by atoms with van der Waals surface area (Å²) in [5, 5.41) is 3.62. The van der Waals surface area contributed by atoms with E-state index in [1.807, 2.05) is 6.07 Å². The standard InChI is InChI=1S/C14H25BrN2O/c1-6-9-16-13(12-11(15)8-10-18-12)14(3,7-2)17(4)5/h8,10,13,16H,6-7,9H2,1-5H3. The van der Waals surface area contributed by atoms with Gasteiger partial charge in [-0.15, -0.1) is 0 Å². The second-order valence-electron chi connectivity index (χ2n) is 5.13. The van der Waals surface area contributed by atoms with Gasteiger partial charge in [0, 0.05) is 5.54 Å². The summed E-state index contributed by atoms with van der Waals surface area (Å²) < 4.78 is 6.73. The van der Waals surface area contributed by atoms with Gasteiger partial charge in [-0.05, 0) is 62.4 Å². The fourth-order valence-corrected chi connectivity index (χ4v) is 2.60. The van der Waals surface area contributed by atoms with E-state index < -0.39 is 0 Å². The third-order valence-electron chi connectivity index (χ3n) is 3.86. The third kappa shape index (κ3) is 3.16. The van der Waals surface area contributed by atoms with Crippen molar-refractivity contribution in [2.45, 2.75) is 45.2 Å². The van der Waals surface area contributed by atoms with Crippen LogP contribution in [-0.2, 0) is 0 Å². The predicted octanol–water partition coefficient (Wildman–Crippen LogP) is 3.81. The predicted molar refractivity (Wildman–Crippen MR) is 79.8 cm³/mol. The van der Waals surface area contributed by atoms with Gasteiger partial charge in [-0.3, -0.25) is 0 Å². The number of halogens is 1. The van der Waals surface area contributed by atoms with Crippen LogP contribution in [0.3, 0.4) is 0 Å². The fourth-order valence-electron chi connectivity index (χ4n) is 2.17. The van der Waals surface area contributed by atoms with Crippen molar-refractivity contribution < 1.29 is 4.42 Å². The molecule has 0 bridgehead atoms. The van der Waals surface area contributed by atoms with E-state index in [9.17, 15) is 0 Å². The molecule has 1 rings (SSSR count). The second kappa shape index (κ2) is 6.73. The molecule has 1 heterocycles. The minimum atomic E-state index is 0.0234. The zero-order valence-electron chi connectivity index (χ0n) is 12.1. The summed E-state index contributed by atoms with van der Waals surface area (Å²) in [6.45, 7) is 7.66. The molecule has 1 aromatic heterocycles. The van der Waals surface area contributed by atoms with Crippen molar-refractivity contribution in [1.29, 1.82) is 0 Å². The Bertz CT molecular complexity index is 364. The quantitative estimate of drug-likeness (QED) is 0.829. The van der Waals surface area contributed by atoms with Crippen LogP contribution in [0.15, 0.2) is 21.2 Å². The van der Waals surface area contributed by atoms with Gasteiger partial charge < -0.3 is 14.6 Å². The Morgan fingerprint density at radius 1 is 1.44 bits per heavy atom. The normalized spacial score (nSPS) is 16.8. The monoisotopic (exact) mass is 316 g/mol. The number of rotatable bonds is 7. The number of nitrogens with one attached hydrogen (secondary N) is 1. The first-order valence-corrected chi connectivity index (χ1v) is 7.40. The lowest BCUT2D eigenvalue weighted by Gasteiger charge is -2.42. The van der Waals surface area contributed by atoms with E-state index in [0.29, 0.717) is 0 Å². The summed E-state index contributed by atoms with van der Waals surface area (Å²) >= 11 is 3.58. The van der Waals surface area contributed by atoms with Crippen LogP contribution in [0.5, 0.6) is 0 Å². The average molecular weight is 317 g/mol. The van der Waals surface area contributed by atoms with Crippen molar-refractivity contribution in [2.24, 2.45) is 0 Å². The number of furan rings is 1. The lowest BCUT2D eigenvalue weighted by molar-refractivity contribution is 0.101. The Morgan fingerprint density at radius 2 is 2.11 bits per heavy atom. The van der Waals surface area contributed by atoms with Gasteiger partial charge in [-0.25, -0.2) is 0 Å². The molecular weight excluding hydrogens is 292 g/mol. The SMILES string of the molecule is CCCNC(c1occc1Br)C(C)(CC)N(C)C. The molecule has 0 aliphatic carbocycles. The van der Waals surface area contributed by atoms with Crippen LogP contribution in [0.25, 0.3) is 0 Å². The number of nitrogens with zero attached hydrogens (tertiary/aromatic N) is 1. The first-order chi connectivity index (χ1) is 8.47. The highest BCUT2D eigenvalue weighted by Gasteiger charge is 2.38. The Morgan fingerprint density at radius 3 is 2.50 bits per heavy atom. The summed E-state index contributed by atoms with van der Waals surface area (Å²) in [5.74, 6) is 0.988. The maximum absolute atomic E-state index is 5.69. The van der Waals surface area contributed by atoms with Gasteiger partial charge in [-0.2, -0.15) is 0 Å². The molecule has 0 saturated heterocycles. The molecule has 0 aliphatic heterocycles. The molecule has 0 aromatic carbocycles. The van der Waals surface area contributed by atoms with Crippen LogP contribution in [0.1, 0.15) is 45.4 Å². The Balaban J connectivity index is 3.08. The molecule has 2 atom stereocenters. The molecule has 0 aliphatic rings. The van der Waals surface area contributed by atoms with Crippen molar-refractivity contribution in [1.82, 2.24) is 10.2 Å². The highest BCUT2D eigenvalue weighted by Crippen LogP contribution is 2.36. The van der Waals surface area contributed by atoms with Gasteiger partial charge in [0.15, 0.2) is 0 Å². The first kappa shape index (κ1) is 15.7. The highest BCUT2D eigenvalue weighted by molar-refractivity contribution is 9.10. The summed E-state index contributed by atoms with van der Waals surface area (Å²) in [5.41, 5.74) is 0.0234. The second-order valence-corrected chi connectivity index (χ2v) is 5.98. The third-order valence-corrected chi connectivity index (χ3v) is 4.52. The lowest BCUT2D eigenvalue weighted by atomic mass is 9.86. The molecule has 0 amide bonds. The van der Waals surface area contributed by atoms with E-state index in [1.54, 1.807) is 6.26 Å². The van der Waals surface area contributed by atoms with Crippen LogP contribution in [0.4, 0.5) is 0 Å². The van der Waals surface area contributed by atoms with Gasteiger partial charge in [0.25, 0.3) is 0 Å². The van der Waals surface area contributed by atoms with Gasteiger partial charge in [-0.1, -0.05) is 13.8 Å². The molecule has 104 valence electrons. The first-order valence-electron chi connectivity index (χ1n) is 6.61. The molecule has 0 radical (unpaired) electrons. The van der Waals surface area contributed by atoms with Crippen LogP contribution in [0.2, 0.25) is 0 Å². The van der Waals surface area contributed by atoms with Crippen molar-refractivity contribution in [2.75, 3.05) is 20.6 Å².